The molecule has 0 radical (unpaired) electrons. The molecular weight excluding hydrogens is 434 g/mol. The molecule has 1 heterocycles. The predicted molar refractivity (Wildman–Crippen MR) is 117 cm³/mol. The maximum atomic E-state index is 5.38. The molecule has 0 bridgehead atoms. The van der Waals surface area contributed by atoms with Gasteiger partial charge < -0.3 is 4.74 Å². The molecule has 3 aromatic carbocycles. The first kappa shape index (κ1) is 18.8. The Kier molecular flexibility index (Phi) is 5.78. The van der Waals surface area contributed by atoms with E-state index in [2.05, 4.69) is 67.1 Å². The summed E-state index contributed by atoms with van der Waals surface area (Å²) in [5.74, 6) is 2.41. The van der Waals surface area contributed by atoms with Crippen molar-refractivity contribution in [3.05, 3.63) is 88.9 Å². The largest absolute Gasteiger partial charge is 0.497 e. The molecule has 0 unspecified atom stereocenters. The fourth-order valence-corrected chi connectivity index (χ4v) is 4.02. The van der Waals surface area contributed by atoms with Gasteiger partial charge in [-0.3, -0.25) is 4.57 Å². The molecule has 0 spiro atoms. The molecular formula is C22H18BrN3OS. The molecule has 0 atom stereocenters. The van der Waals surface area contributed by atoms with Gasteiger partial charge in [-0.25, -0.2) is 0 Å². The van der Waals surface area contributed by atoms with Crippen LogP contribution < -0.4 is 4.74 Å². The third-order valence-electron chi connectivity index (χ3n) is 4.26. The molecule has 28 heavy (non-hydrogen) atoms. The summed E-state index contributed by atoms with van der Waals surface area (Å²) in [4.78, 5) is 0. The quantitative estimate of drug-likeness (QED) is 0.337. The highest BCUT2D eigenvalue weighted by Crippen LogP contribution is 2.31. The van der Waals surface area contributed by atoms with Gasteiger partial charge in [0.1, 0.15) is 5.75 Å². The predicted octanol–water partition coefficient (Wildman–Crippen LogP) is 6.00. The van der Waals surface area contributed by atoms with Crippen molar-refractivity contribution in [1.29, 1.82) is 0 Å². The zero-order valence-corrected chi connectivity index (χ0v) is 17.7. The average molecular weight is 452 g/mol. The minimum absolute atomic E-state index is 0.795. The first-order chi connectivity index (χ1) is 13.7. The number of aromatic nitrogens is 3. The lowest BCUT2D eigenvalue weighted by Gasteiger charge is -2.11. The Morgan fingerprint density at radius 1 is 0.929 bits per heavy atom. The van der Waals surface area contributed by atoms with Gasteiger partial charge in [-0.2, -0.15) is 0 Å². The van der Waals surface area contributed by atoms with Crippen LogP contribution in [0.2, 0.25) is 0 Å². The molecule has 140 valence electrons. The molecule has 0 aliphatic carbocycles. The third-order valence-corrected chi connectivity index (χ3v) is 5.79. The van der Waals surface area contributed by atoms with Crippen LogP contribution in [0.1, 0.15) is 5.56 Å². The van der Waals surface area contributed by atoms with Crippen molar-refractivity contribution in [2.45, 2.75) is 10.9 Å². The number of ether oxygens (including phenoxy) is 1. The molecule has 0 aliphatic heterocycles. The van der Waals surface area contributed by atoms with Crippen LogP contribution in [-0.4, -0.2) is 21.9 Å². The second-order valence-electron chi connectivity index (χ2n) is 6.12. The highest BCUT2D eigenvalue weighted by molar-refractivity contribution is 9.10. The minimum Gasteiger partial charge on any atom is -0.497 e. The first-order valence-corrected chi connectivity index (χ1v) is 10.5. The topological polar surface area (TPSA) is 39.9 Å². The van der Waals surface area contributed by atoms with Gasteiger partial charge in [-0.05, 0) is 42.0 Å². The number of halogens is 1. The van der Waals surface area contributed by atoms with E-state index in [0.717, 1.165) is 38.2 Å². The standard InChI is InChI=1S/C22H18BrN3OS/c1-27-20-9-5-6-17(14-20)21-24-25-22(26(21)19-7-3-2-4-8-19)28-15-16-10-12-18(23)13-11-16/h2-14H,15H2,1H3. The summed E-state index contributed by atoms with van der Waals surface area (Å²) in [7, 11) is 1.67. The normalized spacial score (nSPS) is 10.8. The molecule has 0 N–H and O–H groups in total. The maximum absolute atomic E-state index is 5.38. The molecule has 4 nitrogen and oxygen atoms in total. The molecule has 0 amide bonds. The van der Waals surface area contributed by atoms with Gasteiger partial charge in [0.25, 0.3) is 0 Å². The Balaban J connectivity index is 1.72. The SMILES string of the molecule is COc1cccc(-c2nnc(SCc3ccc(Br)cc3)n2-c2ccccc2)c1. The Morgan fingerprint density at radius 3 is 2.46 bits per heavy atom. The van der Waals surface area contributed by atoms with E-state index in [9.17, 15) is 0 Å². The van der Waals surface area contributed by atoms with Crippen LogP contribution in [0, 0.1) is 0 Å². The Morgan fingerprint density at radius 2 is 1.71 bits per heavy atom. The average Bonchev–Trinajstić information content (AvgIpc) is 3.18. The summed E-state index contributed by atoms with van der Waals surface area (Å²) in [6.07, 6.45) is 0. The zero-order valence-electron chi connectivity index (χ0n) is 15.2. The highest BCUT2D eigenvalue weighted by Gasteiger charge is 2.16. The van der Waals surface area contributed by atoms with Crippen LogP contribution in [0.4, 0.5) is 0 Å². The lowest BCUT2D eigenvalue weighted by atomic mass is 10.2. The van der Waals surface area contributed by atoms with Gasteiger partial charge in [0.05, 0.1) is 7.11 Å². The van der Waals surface area contributed by atoms with E-state index in [0.29, 0.717) is 0 Å². The van der Waals surface area contributed by atoms with Gasteiger partial charge in [0.15, 0.2) is 11.0 Å². The van der Waals surface area contributed by atoms with E-state index in [4.69, 9.17) is 4.74 Å². The lowest BCUT2D eigenvalue weighted by molar-refractivity contribution is 0.415. The van der Waals surface area contributed by atoms with E-state index in [1.165, 1.54) is 5.56 Å². The monoisotopic (exact) mass is 451 g/mol. The van der Waals surface area contributed by atoms with Crippen LogP contribution >= 0.6 is 27.7 Å². The molecule has 0 aliphatic rings. The van der Waals surface area contributed by atoms with Crippen LogP contribution in [0.5, 0.6) is 5.75 Å². The van der Waals surface area contributed by atoms with Crippen LogP contribution in [-0.2, 0) is 5.75 Å². The second kappa shape index (κ2) is 8.63. The molecule has 4 rings (SSSR count). The summed E-state index contributed by atoms with van der Waals surface area (Å²) in [6.45, 7) is 0. The van der Waals surface area contributed by atoms with Crippen molar-refractivity contribution in [2.24, 2.45) is 0 Å². The van der Waals surface area contributed by atoms with Crippen molar-refractivity contribution in [3.8, 4) is 22.8 Å². The maximum Gasteiger partial charge on any atom is 0.196 e. The summed E-state index contributed by atoms with van der Waals surface area (Å²) in [5, 5.41) is 9.83. The number of methoxy groups -OCH3 is 1. The van der Waals surface area contributed by atoms with Crippen molar-refractivity contribution >= 4 is 27.7 Å². The molecule has 1 aromatic heterocycles. The number of hydrogen-bond donors (Lipinski definition) is 0. The van der Waals surface area contributed by atoms with Crippen molar-refractivity contribution in [2.75, 3.05) is 7.11 Å². The van der Waals surface area contributed by atoms with Crippen LogP contribution in [0.3, 0.4) is 0 Å². The number of benzene rings is 3. The molecule has 0 saturated heterocycles. The van der Waals surface area contributed by atoms with Crippen molar-refractivity contribution < 1.29 is 4.74 Å². The molecule has 0 fully saturated rings. The lowest BCUT2D eigenvalue weighted by Crippen LogP contribution is -1.99. The zero-order chi connectivity index (χ0) is 19.3. The Bertz CT molecular complexity index is 1060. The number of hydrogen-bond acceptors (Lipinski definition) is 4. The fraction of sp³-hybridized carbons (Fsp3) is 0.0909. The van der Waals surface area contributed by atoms with Gasteiger partial charge in [-0.15, -0.1) is 10.2 Å². The van der Waals surface area contributed by atoms with Crippen LogP contribution in [0.15, 0.2) is 88.5 Å². The fourth-order valence-electron chi connectivity index (χ4n) is 2.85. The molecule has 4 aromatic rings. The van der Waals surface area contributed by atoms with Crippen molar-refractivity contribution in [1.82, 2.24) is 14.8 Å². The van der Waals surface area contributed by atoms with E-state index >= 15 is 0 Å². The Labute approximate surface area is 176 Å². The van der Waals surface area contributed by atoms with Gasteiger partial charge in [-0.1, -0.05) is 70.2 Å². The summed E-state index contributed by atoms with van der Waals surface area (Å²) in [5.41, 5.74) is 3.23. The number of para-hydroxylation sites is 1. The van der Waals surface area contributed by atoms with E-state index < -0.39 is 0 Å². The summed E-state index contributed by atoms with van der Waals surface area (Å²) in [6, 6.07) is 26.4. The molecule has 6 heteroatoms. The van der Waals surface area contributed by atoms with Crippen molar-refractivity contribution in [3.63, 3.8) is 0 Å². The number of thioether (sulfide) groups is 1. The summed E-state index contributed by atoms with van der Waals surface area (Å²) < 4.78 is 8.55. The smallest absolute Gasteiger partial charge is 0.196 e. The van der Waals surface area contributed by atoms with E-state index in [1.54, 1.807) is 18.9 Å². The Hall–Kier alpha value is -2.57. The van der Waals surface area contributed by atoms with Gasteiger partial charge in [0.2, 0.25) is 0 Å². The number of nitrogens with zero attached hydrogens (tertiary/aromatic N) is 3. The van der Waals surface area contributed by atoms with E-state index in [-0.39, 0.29) is 0 Å². The molecule has 0 saturated carbocycles. The van der Waals surface area contributed by atoms with Crippen LogP contribution in [0.25, 0.3) is 17.1 Å². The third kappa shape index (κ3) is 4.13. The van der Waals surface area contributed by atoms with Gasteiger partial charge in [0, 0.05) is 21.5 Å². The van der Waals surface area contributed by atoms with E-state index in [1.807, 2.05) is 42.5 Å². The second-order valence-corrected chi connectivity index (χ2v) is 7.98. The number of rotatable bonds is 6. The van der Waals surface area contributed by atoms with Gasteiger partial charge >= 0.3 is 0 Å². The minimum atomic E-state index is 0.795. The first-order valence-electron chi connectivity index (χ1n) is 8.77. The summed E-state index contributed by atoms with van der Waals surface area (Å²) >= 11 is 5.15. The highest BCUT2D eigenvalue weighted by atomic mass is 79.9.